The Balaban J connectivity index is 2.71. The summed E-state index contributed by atoms with van der Waals surface area (Å²) in [6.45, 7) is 15.0. The number of ether oxygens (including phenoxy) is 1. The van der Waals surface area contributed by atoms with Crippen molar-refractivity contribution in [3.05, 3.63) is 22.8 Å². The first-order valence-corrected chi connectivity index (χ1v) is 7.92. The quantitative estimate of drug-likeness (QED) is 0.799. The van der Waals surface area contributed by atoms with Crippen LogP contribution < -0.4 is 5.32 Å². The fourth-order valence-electron chi connectivity index (χ4n) is 2.39. The van der Waals surface area contributed by atoms with Crippen LogP contribution in [0.4, 0.5) is 0 Å². The molecule has 0 aromatic carbocycles. The number of rotatable bonds is 8. The van der Waals surface area contributed by atoms with Crippen LogP contribution in [-0.4, -0.2) is 30.2 Å². The van der Waals surface area contributed by atoms with Crippen molar-refractivity contribution in [3.63, 3.8) is 0 Å². The first kappa shape index (κ1) is 18.1. The number of nitrogens with one attached hydrogen (secondary N) is 1. The van der Waals surface area contributed by atoms with Crippen molar-refractivity contribution in [2.45, 2.75) is 54.1 Å². The van der Waals surface area contributed by atoms with E-state index in [4.69, 9.17) is 4.74 Å². The molecule has 2 atom stereocenters. The van der Waals surface area contributed by atoms with Crippen LogP contribution in [0.5, 0.6) is 0 Å². The molecule has 0 saturated carbocycles. The van der Waals surface area contributed by atoms with Gasteiger partial charge in [0.2, 0.25) is 0 Å². The van der Waals surface area contributed by atoms with Gasteiger partial charge < -0.3 is 10.1 Å². The lowest BCUT2D eigenvalue weighted by Gasteiger charge is -2.18. The maximum Gasteiger partial charge on any atom is 0.157 e. The molecule has 21 heavy (non-hydrogen) atoms. The fourth-order valence-corrected chi connectivity index (χ4v) is 2.39. The molecule has 2 unspecified atom stereocenters. The Bertz CT molecular complexity index is 423. The van der Waals surface area contributed by atoms with Gasteiger partial charge in [-0.25, -0.2) is 9.97 Å². The van der Waals surface area contributed by atoms with Gasteiger partial charge in [-0.05, 0) is 57.7 Å². The lowest BCUT2D eigenvalue weighted by atomic mass is 9.98. The molecule has 0 aliphatic heterocycles. The molecule has 4 heteroatoms. The SMILES string of the molecule is COC(C)c1nc(C)c(CC(C)CNCC(C)C)c(C)n1. The second kappa shape index (κ2) is 8.44. The van der Waals surface area contributed by atoms with Crippen LogP contribution in [0, 0.1) is 25.7 Å². The molecule has 1 rings (SSSR count). The second-order valence-corrected chi connectivity index (χ2v) is 6.47. The zero-order chi connectivity index (χ0) is 16.0. The van der Waals surface area contributed by atoms with Gasteiger partial charge in [-0.2, -0.15) is 0 Å². The van der Waals surface area contributed by atoms with E-state index in [0.29, 0.717) is 11.8 Å². The van der Waals surface area contributed by atoms with Crippen molar-refractivity contribution < 1.29 is 4.74 Å². The summed E-state index contributed by atoms with van der Waals surface area (Å²) in [5.41, 5.74) is 3.44. The van der Waals surface area contributed by atoms with Crippen LogP contribution in [0.15, 0.2) is 0 Å². The number of nitrogens with zero attached hydrogens (tertiary/aromatic N) is 2. The van der Waals surface area contributed by atoms with E-state index < -0.39 is 0 Å². The highest BCUT2D eigenvalue weighted by Crippen LogP contribution is 2.19. The van der Waals surface area contributed by atoms with Crippen LogP contribution in [0.1, 0.15) is 56.6 Å². The molecule has 1 aromatic rings. The topological polar surface area (TPSA) is 47.0 Å². The highest BCUT2D eigenvalue weighted by molar-refractivity contribution is 5.25. The molecule has 1 N–H and O–H groups in total. The van der Waals surface area contributed by atoms with Gasteiger partial charge >= 0.3 is 0 Å². The summed E-state index contributed by atoms with van der Waals surface area (Å²) in [4.78, 5) is 9.22. The molecule has 0 spiro atoms. The first-order chi connectivity index (χ1) is 9.85. The van der Waals surface area contributed by atoms with E-state index in [2.05, 4.69) is 49.9 Å². The molecule has 4 nitrogen and oxygen atoms in total. The van der Waals surface area contributed by atoms with E-state index in [9.17, 15) is 0 Å². The fraction of sp³-hybridized carbons (Fsp3) is 0.765. The van der Waals surface area contributed by atoms with E-state index in [-0.39, 0.29) is 6.10 Å². The van der Waals surface area contributed by atoms with E-state index in [1.165, 1.54) is 5.56 Å². The van der Waals surface area contributed by atoms with Crippen LogP contribution in [-0.2, 0) is 11.2 Å². The molecule has 0 saturated heterocycles. The van der Waals surface area contributed by atoms with Crippen molar-refractivity contribution in [1.82, 2.24) is 15.3 Å². The highest BCUT2D eigenvalue weighted by Gasteiger charge is 2.15. The second-order valence-electron chi connectivity index (χ2n) is 6.47. The van der Waals surface area contributed by atoms with Gasteiger partial charge in [0.25, 0.3) is 0 Å². The minimum Gasteiger partial charge on any atom is -0.374 e. The van der Waals surface area contributed by atoms with Crippen molar-refractivity contribution in [3.8, 4) is 0 Å². The van der Waals surface area contributed by atoms with Crippen LogP contribution in [0.25, 0.3) is 0 Å². The lowest BCUT2D eigenvalue weighted by molar-refractivity contribution is 0.111. The van der Waals surface area contributed by atoms with Crippen LogP contribution >= 0.6 is 0 Å². The van der Waals surface area contributed by atoms with Crippen LogP contribution in [0.3, 0.4) is 0 Å². The Kier molecular flexibility index (Phi) is 7.26. The van der Waals surface area contributed by atoms with Crippen molar-refractivity contribution in [2.24, 2.45) is 11.8 Å². The summed E-state index contributed by atoms with van der Waals surface area (Å²) in [6.07, 6.45) is 0.964. The molecule has 0 bridgehead atoms. The smallest absolute Gasteiger partial charge is 0.157 e. The lowest BCUT2D eigenvalue weighted by Crippen LogP contribution is -2.26. The zero-order valence-electron chi connectivity index (χ0n) is 14.7. The molecule has 0 aliphatic carbocycles. The number of hydrogen-bond acceptors (Lipinski definition) is 4. The molecule has 1 aromatic heterocycles. The number of aryl methyl sites for hydroxylation is 2. The summed E-state index contributed by atoms with van der Waals surface area (Å²) in [5, 5.41) is 3.52. The van der Waals surface area contributed by atoms with Gasteiger partial charge in [-0.3, -0.25) is 0 Å². The number of hydrogen-bond donors (Lipinski definition) is 1. The molecule has 0 amide bonds. The Morgan fingerprint density at radius 1 is 1.00 bits per heavy atom. The normalized spacial score (nSPS) is 14.5. The van der Waals surface area contributed by atoms with Crippen molar-refractivity contribution in [2.75, 3.05) is 20.2 Å². The molecule has 1 heterocycles. The molecule has 120 valence electrons. The summed E-state index contributed by atoms with van der Waals surface area (Å²) in [5.74, 6) is 2.05. The van der Waals surface area contributed by atoms with Gasteiger partial charge in [0.15, 0.2) is 5.82 Å². The first-order valence-electron chi connectivity index (χ1n) is 7.92. The summed E-state index contributed by atoms with van der Waals surface area (Å²) < 4.78 is 5.31. The minimum absolute atomic E-state index is 0.0541. The Morgan fingerprint density at radius 3 is 2.05 bits per heavy atom. The van der Waals surface area contributed by atoms with E-state index in [1.807, 2.05) is 6.92 Å². The maximum atomic E-state index is 5.31. The third-order valence-corrected chi connectivity index (χ3v) is 3.75. The predicted molar refractivity (Wildman–Crippen MR) is 87.5 cm³/mol. The Morgan fingerprint density at radius 2 is 1.57 bits per heavy atom. The number of methoxy groups -OCH3 is 1. The average Bonchev–Trinajstić information content (AvgIpc) is 2.41. The van der Waals surface area contributed by atoms with Gasteiger partial charge in [-0.15, -0.1) is 0 Å². The van der Waals surface area contributed by atoms with Crippen molar-refractivity contribution in [1.29, 1.82) is 0 Å². The molecular weight excluding hydrogens is 262 g/mol. The third-order valence-electron chi connectivity index (χ3n) is 3.75. The molecule has 0 radical (unpaired) electrons. The molecule has 0 aliphatic rings. The van der Waals surface area contributed by atoms with Gasteiger partial charge in [0, 0.05) is 18.5 Å². The average molecular weight is 293 g/mol. The van der Waals surface area contributed by atoms with Crippen molar-refractivity contribution >= 4 is 0 Å². The standard InChI is InChI=1S/C17H31N3O/c1-11(2)9-18-10-12(3)8-16-13(4)19-17(15(6)21-7)20-14(16)5/h11-12,15,18H,8-10H2,1-7H3. The minimum atomic E-state index is -0.0541. The summed E-state index contributed by atoms with van der Waals surface area (Å²) >= 11 is 0. The van der Waals surface area contributed by atoms with Gasteiger partial charge in [-0.1, -0.05) is 20.8 Å². The van der Waals surface area contributed by atoms with Crippen LogP contribution in [0.2, 0.25) is 0 Å². The summed E-state index contributed by atoms with van der Waals surface area (Å²) in [7, 11) is 1.69. The number of aromatic nitrogens is 2. The summed E-state index contributed by atoms with van der Waals surface area (Å²) in [6, 6.07) is 0. The Hall–Kier alpha value is -1.00. The molecule has 0 fully saturated rings. The van der Waals surface area contributed by atoms with E-state index >= 15 is 0 Å². The van der Waals surface area contributed by atoms with Gasteiger partial charge in [0.1, 0.15) is 6.10 Å². The highest BCUT2D eigenvalue weighted by atomic mass is 16.5. The zero-order valence-corrected chi connectivity index (χ0v) is 14.7. The Labute approximate surface area is 129 Å². The monoisotopic (exact) mass is 293 g/mol. The van der Waals surface area contributed by atoms with Gasteiger partial charge in [0.05, 0.1) is 0 Å². The third kappa shape index (κ3) is 5.71. The van der Waals surface area contributed by atoms with E-state index in [1.54, 1.807) is 7.11 Å². The maximum absolute atomic E-state index is 5.31. The van der Waals surface area contributed by atoms with E-state index in [0.717, 1.165) is 36.7 Å². The predicted octanol–water partition coefficient (Wildman–Crippen LogP) is 3.23. The molecular formula is C17H31N3O. The largest absolute Gasteiger partial charge is 0.374 e.